The lowest BCUT2D eigenvalue weighted by molar-refractivity contribution is -0.0445. The molecule has 6 heteroatoms. The number of carbonyl (C=O) groups is 1. The number of rotatable bonds is 4. The van der Waals surface area contributed by atoms with Gasteiger partial charge in [-0.3, -0.25) is 4.79 Å². The van der Waals surface area contributed by atoms with Crippen molar-refractivity contribution in [3.8, 4) is 0 Å². The highest BCUT2D eigenvalue weighted by atomic mass is 35.5. The van der Waals surface area contributed by atoms with Gasteiger partial charge in [0.05, 0.1) is 23.8 Å². The molecule has 1 aromatic heterocycles. The summed E-state index contributed by atoms with van der Waals surface area (Å²) in [7, 11) is 0. The summed E-state index contributed by atoms with van der Waals surface area (Å²) in [5.41, 5.74) is 0.308. The molecule has 2 unspecified atom stereocenters. The molecule has 2 atom stereocenters. The quantitative estimate of drug-likeness (QED) is 0.929. The fraction of sp³-hybridized carbons (Fsp3) is 0.600. The average Bonchev–Trinajstić information content (AvgIpc) is 2.48. The van der Waals surface area contributed by atoms with E-state index in [0.29, 0.717) is 29.7 Å². The fourth-order valence-electron chi connectivity index (χ4n) is 2.44. The van der Waals surface area contributed by atoms with E-state index >= 15 is 0 Å². The summed E-state index contributed by atoms with van der Waals surface area (Å²) in [5, 5.41) is 3.49. The van der Waals surface area contributed by atoms with E-state index < -0.39 is 0 Å². The molecule has 0 aromatic carbocycles. The van der Waals surface area contributed by atoms with Crippen molar-refractivity contribution in [1.82, 2.24) is 9.88 Å². The van der Waals surface area contributed by atoms with Gasteiger partial charge in [0.2, 0.25) is 0 Å². The normalized spacial score (nSPS) is 22.2. The molecule has 0 aliphatic carbocycles. The van der Waals surface area contributed by atoms with Crippen LogP contribution in [0.2, 0.25) is 5.02 Å². The van der Waals surface area contributed by atoms with Gasteiger partial charge < -0.3 is 15.0 Å². The van der Waals surface area contributed by atoms with Crippen LogP contribution in [0.15, 0.2) is 12.1 Å². The van der Waals surface area contributed by atoms with Gasteiger partial charge in [-0.05, 0) is 32.4 Å². The number of pyridine rings is 1. The monoisotopic (exact) mass is 311 g/mol. The number of anilines is 1. The predicted octanol–water partition coefficient (Wildman–Crippen LogP) is 2.81. The van der Waals surface area contributed by atoms with Crippen LogP contribution >= 0.6 is 11.6 Å². The first-order valence-electron chi connectivity index (χ1n) is 7.39. The molecule has 1 amide bonds. The number of halogens is 1. The molecule has 21 heavy (non-hydrogen) atoms. The third kappa shape index (κ3) is 3.66. The van der Waals surface area contributed by atoms with Crippen molar-refractivity contribution >= 4 is 23.3 Å². The molecule has 116 valence electrons. The van der Waals surface area contributed by atoms with Crippen LogP contribution in [0, 0.1) is 0 Å². The lowest BCUT2D eigenvalue weighted by Gasteiger charge is -2.38. The summed E-state index contributed by atoms with van der Waals surface area (Å²) in [5.74, 6) is 0.543. The first-order chi connectivity index (χ1) is 10.1. The minimum atomic E-state index is -0.123. The molecule has 2 heterocycles. The van der Waals surface area contributed by atoms with Crippen LogP contribution in [0.3, 0.4) is 0 Å². The van der Waals surface area contributed by atoms with Crippen LogP contribution in [-0.2, 0) is 4.74 Å². The van der Waals surface area contributed by atoms with Crippen molar-refractivity contribution < 1.29 is 9.53 Å². The lowest BCUT2D eigenvalue weighted by atomic mass is 10.1. The Morgan fingerprint density at radius 2 is 2.29 bits per heavy atom. The van der Waals surface area contributed by atoms with Gasteiger partial charge >= 0.3 is 0 Å². The van der Waals surface area contributed by atoms with Gasteiger partial charge in [0.1, 0.15) is 11.5 Å². The van der Waals surface area contributed by atoms with Crippen LogP contribution in [-0.4, -0.2) is 47.6 Å². The van der Waals surface area contributed by atoms with Gasteiger partial charge in [0.15, 0.2) is 0 Å². The second-order valence-corrected chi connectivity index (χ2v) is 5.63. The maximum Gasteiger partial charge on any atom is 0.274 e. The molecule has 5 nitrogen and oxygen atoms in total. The Morgan fingerprint density at radius 3 is 2.95 bits per heavy atom. The summed E-state index contributed by atoms with van der Waals surface area (Å²) < 4.78 is 5.63. The number of aromatic nitrogens is 1. The number of hydrogen-bond donors (Lipinski definition) is 1. The maximum atomic E-state index is 12.8. The van der Waals surface area contributed by atoms with Crippen molar-refractivity contribution in [2.45, 2.75) is 39.3 Å². The minimum absolute atomic E-state index is 0.0347. The second-order valence-electron chi connectivity index (χ2n) is 5.22. The van der Waals surface area contributed by atoms with Crippen LogP contribution in [0.1, 0.15) is 37.7 Å². The van der Waals surface area contributed by atoms with Crippen LogP contribution in [0.5, 0.6) is 0 Å². The summed E-state index contributed by atoms with van der Waals surface area (Å²) in [6.07, 6.45) is 0.885. The average molecular weight is 312 g/mol. The number of nitrogens with zero attached hydrogens (tertiary/aromatic N) is 2. The highest BCUT2D eigenvalue weighted by Crippen LogP contribution is 2.22. The van der Waals surface area contributed by atoms with Gasteiger partial charge in [-0.15, -0.1) is 0 Å². The van der Waals surface area contributed by atoms with E-state index in [-0.39, 0.29) is 18.1 Å². The van der Waals surface area contributed by atoms with Crippen molar-refractivity contribution in [1.29, 1.82) is 0 Å². The van der Waals surface area contributed by atoms with E-state index in [9.17, 15) is 4.79 Å². The Balaban J connectivity index is 2.27. The minimum Gasteiger partial charge on any atom is -0.375 e. The molecule has 0 saturated carbocycles. The van der Waals surface area contributed by atoms with Crippen LogP contribution in [0.4, 0.5) is 5.82 Å². The van der Waals surface area contributed by atoms with Gasteiger partial charge in [0, 0.05) is 13.1 Å². The van der Waals surface area contributed by atoms with E-state index in [2.05, 4.69) is 10.3 Å². The highest BCUT2D eigenvalue weighted by Gasteiger charge is 2.31. The molecule has 1 aliphatic rings. The number of ether oxygens (including phenoxy) is 1. The summed E-state index contributed by atoms with van der Waals surface area (Å²) >= 11 is 6.17. The molecule has 0 spiro atoms. The van der Waals surface area contributed by atoms with Gasteiger partial charge in [0.25, 0.3) is 5.91 Å². The first-order valence-corrected chi connectivity index (χ1v) is 7.77. The van der Waals surface area contributed by atoms with Crippen molar-refractivity contribution in [3.63, 3.8) is 0 Å². The Labute approximate surface area is 130 Å². The summed E-state index contributed by atoms with van der Waals surface area (Å²) in [6.45, 7) is 7.88. The smallest absolute Gasteiger partial charge is 0.274 e. The molecule has 1 aliphatic heterocycles. The maximum absolute atomic E-state index is 12.8. The zero-order valence-corrected chi connectivity index (χ0v) is 13.5. The third-order valence-corrected chi connectivity index (χ3v) is 3.91. The topological polar surface area (TPSA) is 54.5 Å². The van der Waals surface area contributed by atoms with Crippen molar-refractivity contribution in [2.75, 3.05) is 25.0 Å². The van der Waals surface area contributed by atoms with Gasteiger partial charge in [-0.25, -0.2) is 4.98 Å². The standard InChI is InChI=1S/C15H22ClN3O2/c1-4-11-9-21-10(3)8-19(11)15(20)14-12(16)6-7-13(18-14)17-5-2/h6-7,10-11H,4-5,8-9H2,1-3H3,(H,17,18). The van der Waals surface area contributed by atoms with E-state index in [1.54, 1.807) is 12.1 Å². The molecule has 1 N–H and O–H groups in total. The molecule has 1 saturated heterocycles. The number of morpholine rings is 1. The zero-order valence-electron chi connectivity index (χ0n) is 12.7. The van der Waals surface area contributed by atoms with Crippen LogP contribution < -0.4 is 5.32 Å². The number of amides is 1. The SMILES string of the molecule is CCNc1ccc(Cl)c(C(=O)N2CC(C)OCC2CC)n1. The Hall–Kier alpha value is -1.33. The Morgan fingerprint density at radius 1 is 1.52 bits per heavy atom. The number of hydrogen-bond acceptors (Lipinski definition) is 4. The Kier molecular flexibility index (Phi) is 5.42. The van der Waals surface area contributed by atoms with Gasteiger partial charge in [-0.2, -0.15) is 0 Å². The van der Waals surface area contributed by atoms with E-state index in [1.165, 1.54) is 0 Å². The fourth-order valence-corrected chi connectivity index (χ4v) is 2.62. The van der Waals surface area contributed by atoms with Gasteiger partial charge in [-0.1, -0.05) is 18.5 Å². The van der Waals surface area contributed by atoms with E-state index in [0.717, 1.165) is 13.0 Å². The largest absolute Gasteiger partial charge is 0.375 e. The highest BCUT2D eigenvalue weighted by molar-refractivity contribution is 6.33. The molecule has 1 fully saturated rings. The number of carbonyl (C=O) groups excluding carboxylic acids is 1. The summed E-state index contributed by atoms with van der Waals surface area (Å²) in [6, 6.07) is 3.57. The molecule has 0 bridgehead atoms. The van der Waals surface area contributed by atoms with E-state index in [4.69, 9.17) is 16.3 Å². The third-order valence-electron chi connectivity index (χ3n) is 3.61. The first kappa shape index (κ1) is 16.0. The Bertz CT molecular complexity index is 510. The molecular weight excluding hydrogens is 290 g/mol. The molecular formula is C15H22ClN3O2. The molecule has 2 rings (SSSR count). The number of nitrogens with one attached hydrogen (secondary N) is 1. The molecule has 1 aromatic rings. The van der Waals surface area contributed by atoms with Crippen molar-refractivity contribution in [2.24, 2.45) is 0 Å². The van der Waals surface area contributed by atoms with E-state index in [1.807, 2.05) is 25.7 Å². The molecule has 0 radical (unpaired) electrons. The second kappa shape index (κ2) is 7.09. The predicted molar refractivity (Wildman–Crippen MR) is 83.9 cm³/mol. The van der Waals surface area contributed by atoms with Crippen LogP contribution in [0.25, 0.3) is 0 Å². The lowest BCUT2D eigenvalue weighted by Crippen LogP contribution is -2.51. The van der Waals surface area contributed by atoms with Crippen molar-refractivity contribution in [3.05, 3.63) is 22.8 Å². The zero-order chi connectivity index (χ0) is 15.4. The summed E-state index contributed by atoms with van der Waals surface area (Å²) in [4.78, 5) is 19.0.